The maximum absolute atomic E-state index is 12.4. The van der Waals surface area contributed by atoms with Crippen LogP contribution in [0.25, 0.3) is 0 Å². The summed E-state index contributed by atoms with van der Waals surface area (Å²) in [5, 5.41) is 5.87. The van der Waals surface area contributed by atoms with Gasteiger partial charge in [-0.15, -0.1) is 0 Å². The second-order valence-electron chi connectivity index (χ2n) is 5.01. The van der Waals surface area contributed by atoms with Gasteiger partial charge >= 0.3 is 0 Å². The van der Waals surface area contributed by atoms with Crippen LogP contribution in [-0.2, 0) is 4.79 Å². The minimum atomic E-state index is -0.308. The minimum Gasteiger partial charge on any atom is -0.494 e. The summed E-state index contributed by atoms with van der Waals surface area (Å²) in [6.45, 7) is 4.16. The molecule has 0 aliphatic heterocycles. The van der Waals surface area contributed by atoms with Crippen molar-refractivity contribution in [3.05, 3.63) is 53.1 Å². The van der Waals surface area contributed by atoms with Crippen LogP contribution in [0.5, 0.6) is 5.75 Å². The Balaban J connectivity index is 2.17. The van der Waals surface area contributed by atoms with Crippen LogP contribution in [0, 0.1) is 0 Å². The van der Waals surface area contributed by atoms with Crippen LogP contribution < -0.4 is 15.4 Å². The molecule has 2 amide bonds. The van der Waals surface area contributed by atoms with Crippen molar-refractivity contribution in [3.63, 3.8) is 0 Å². The molecule has 24 heavy (non-hydrogen) atoms. The third-order valence-electron chi connectivity index (χ3n) is 3.23. The minimum absolute atomic E-state index is 0.112. The number of halogens is 1. The summed E-state index contributed by atoms with van der Waals surface area (Å²) in [5.74, 6) is 0.205. The predicted octanol–water partition coefficient (Wildman–Crippen LogP) is 4.34. The van der Waals surface area contributed by atoms with Crippen molar-refractivity contribution in [1.82, 2.24) is 0 Å². The summed E-state index contributed by atoms with van der Waals surface area (Å²) in [5.41, 5.74) is 1.46. The molecule has 0 aliphatic carbocycles. The Bertz CT molecular complexity index is 747. The fraction of sp³-hybridized carbons (Fsp3) is 0.222. The molecule has 5 nitrogen and oxygen atoms in total. The molecule has 0 unspecified atom stereocenters. The number of anilines is 2. The zero-order valence-corrected chi connectivity index (χ0v) is 14.3. The van der Waals surface area contributed by atoms with Crippen LogP contribution >= 0.6 is 11.6 Å². The molecule has 0 aliphatic rings. The molecule has 2 N–H and O–H groups in total. The lowest BCUT2D eigenvalue weighted by Gasteiger charge is -2.11. The number of carbonyl (C=O) groups excluding carboxylic acids is 2. The van der Waals surface area contributed by atoms with Crippen molar-refractivity contribution in [3.8, 4) is 5.75 Å². The van der Waals surface area contributed by atoms with E-state index in [9.17, 15) is 9.59 Å². The molecule has 0 bridgehead atoms. The highest BCUT2D eigenvalue weighted by molar-refractivity contribution is 6.34. The Morgan fingerprint density at radius 2 is 1.88 bits per heavy atom. The van der Waals surface area contributed by atoms with Gasteiger partial charge in [0.1, 0.15) is 5.75 Å². The summed E-state index contributed by atoms with van der Waals surface area (Å²) >= 11 is 6.13. The van der Waals surface area contributed by atoms with E-state index in [2.05, 4.69) is 10.6 Å². The molecule has 0 fully saturated rings. The van der Waals surface area contributed by atoms with E-state index in [1.807, 2.05) is 6.92 Å². The first-order valence-corrected chi connectivity index (χ1v) is 8.05. The Morgan fingerprint density at radius 3 is 2.58 bits per heavy atom. The van der Waals surface area contributed by atoms with Gasteiger partial charge in [0.25, 0.3) is 5.91 Å². The molecular formula is C18H19ClN2O3. The van der Waals surface area contributed by atoms with Crippen molar-refractivity contribution in [1.29, 1.82) is 0 Å². The average Bonchev–Trinajstić information content (AvgIpc) is 2.58. The third-order valence-corrected chi connectivity index (χ3v) is 3.56. The highest BCUT2D eigenvalue weighted by Crippen LogP contribution is 2.26. The molecule has 126 valence electrons. The zero-order chi connectivity index (χ0) is 17.5. The first-order valence-electron chi connectivity index (χ1n) is 7.67. The van der Waals surface area contributed by atoms with Crippen LogP contribution in [0.3, 0.4) is 0 Å². The van der Waals surface area contributed by atoms with Crippen molar-refractivity contribution in [2.75, 3.05) is 17.2 Å². The van der Waals surface area contributed by atoms with Crippen LogP contribution in [-0.4, -0.2) is 18.4 Å². The van der Waals surface area contributed by atoms with E-state index in [0.29, 0.717) is 40.7 Å². The second-order valence-corrected chi connectivity index (χ2v) is 5.42. The van der Waals surface area contributed by atoms with Crippen molar-refractivity contribution < 1.29 is 14.3 Å². The summed E-state index contributed by atoms with van der Waals surface area (Å²) in [4.78, 5) is 23.9. The molecular weight excluding hydrogens is 328 g/mol. The maximum atomic E-state index is 12.4. The van der Waals surface area contributed by atoms with Crippen LogP contribution in [0.1, 0.15) is 30.6 Å². The van der Waals surface area contributed by atoms with Crippen molar-refractivity contribution in [2.24, 2.45) is 0 Å². The molecule has 2 aromatic carbocycles. The standard InChI is InChI=1S/C18H19ClN2O3/c1-3-17(22)20-13-8-9-15(19)16(11-13)21-18(23)12-6-5-7-14(10-12)24-4-2/h5-11H,3-4H2,1-2H3,(H,20,22)(H,21,23). The highest BCUT2D eigenvalue weighted by atomic mass is 35.5. The van der Waals surface area contributed by atoms with Gasteiger partial charge in [0.15, 0.2) is 0 Å². The van der Waals surface area contributed by atoms with Gasteiger partial charge in [-0.25, -0.2) is 0 Å². The van der Waals surface area contributed by atoms with E-state index >= 15 is 0 Å². The third kappa shape index (κ3) is 4.73. The molecule has 2 aromatic rings. The lowest BCUT2D eigenvalue weighted by Crippen LogP contribution is -2.13. The monoisotopic (exact) mass is 346 g/mol. The van der Waals surface area contributed by atoms with Gasteiger partial charge < -0.3 is 15.4 Å². The van der Waals surface area contributed by atoms with E-state index in [0.717, 1.165) is 0 Å². The Labute approximate surface area is 146 Å². The fourth-order valence-corrected chi connectivity index (χ4v) is 2.20. The largest absolute Gasteiger partial charge is 0.494 e. The van der Waals surface area contributed by atoms with Gasteiger partial charge in [-0.2, -0.15) is 0 Å². The number of hydrogen-bond donors (Lipinski definition) is 2. The number of hydrogen-bond acceptors (Lipinski definition) is 3. The Morgan fingerprint density at radius 1 is 1.08 bits per heavy atom. The van der Waals surface area contributed by atoms with Crippen molar-refractivity contribution in [2.45, 2.75) is 20.3 Å². The molecule has 0 radical (unpaired) electrons. The number of benzene rings is 2. The lowest BCUT2D eigenvalue weighted by atomic mass is 10.2. The molecule has 0 heterocycles. The molecule has 0 spiro atoms. The molecule has 0 saturated heterocycles. The second kappa shape index (κ2) is 8.36. The number of amides is 2. The van der Waals surface area contributed by atoms with E-state index in [1.165, 1.54) is 0 Å². The smallest absolute Gasteiger partial charge is 0.255 e. The highest BCUT2D eigenvalue weighted by Gasteiger charge is 2.11. The number of ether oxygens (including phenoxy) is 1. The van der Waals surface area contributed by atoms with Gasteiger partial charge in [-0.3, -0.25) is 9.59 Å². The lowest BCUT2D eigenvalue weighted by molar-refractivity contribution is -0.115. The van der Waals surface area contributed by atoms with E-state index < -0.39 is 0 Å². The topological polar surface area (TPSA) is 67.4 Å². The maximum Gasteiger partial charge on any atom is 0.255 e. The van der Waals surface area contributed by atoms with Crippen LogP contribution in [0.15, 0.2) is 42.5 Å². The fourth-order valence-electron chi connectivity index (χ4n) is 2.04. The molecule has 0 saturated carbocycles. The summed E-state index contributed by atoms with van der Waals surface area (Å²) in [6, 6.07) is 11.8. The average molecular weight is 347 g/mol. The number of nitrogens with one attached hydrogen (secondary N) is 2. The molecule has 2 rings (SSSR count). The van der Waals surface area contributed by atoms with Crippen LogP contribution in [0.4, 0.5) is 11.4 Å². The van der Waals surface area contributed by atoms with E-state index in [4.69, 9.17) is 16.3 Å². The van der Waals surface area contributed by atoms with Gasteiger partial charge in [-0.1, -0.05) is 24.6 Å². The van der Waals surface area contributed by atoms with E-state index in [-0.39, 0.29) is 11.8 Å². The summed E-state index contributed by atoms with van der Waals surface area (Å²) in [6.07, 6.45) is 0.370. The normalized spacial score (nSPS) is 10.1. The first kappa shape index (κ1) is 17.8. The number of carbonyl (C=O) groups is 2. The molecule has 0 atom stereocenters. The van der Waals surface area contributed by atoms with Gasteiger partial charge in [0.2, 0.25) is 5.91 Å². The van der Waals surface area contributed by atoms with Gasteiger partial charge in [-0.05, 0) is 43.3 Å². The first-order chi connectivity index (χ1) is 11.5. The Kier molecular flexibility index (Phi) is 6.21. The summed E-state index contributed by atoms with van der Waals surface area (Å²) < 4.78 is 5.39. The predicted molar refractivity (Wildman–Crippen MR) is 95.9 cm³/mol. The van der Waals surface area contributed by atoms with Crippen LogP contribution in [0.2, 0.25) is 5.02 Å². The van der Waals surface area contributed by atoms with Gasteiger partial charge in [0.05, 0.1) is 17.3 Å². The SMILES string of the molecule is CCOc1cccc(C(=O)Nc2cc(NC(=O)CC)ccc2Cl)c1. The molecule has 6 heteroatoms. The summed E-state index contributed by atoms with van der Waals surface area (Å²) in [7, 11) is 0. The Hall–Kier alpha value is -2.53. The quantitative estimate of drug-likeness (QED) is 0.817. The molecule has 0 aromatic heterocycles. The van der Waals surface area contributed by atoms with Crippen molar-refractivity contribution >= 4 is 34.8 Å². The number of rotatable bonds is 6. The zero-order valence-electron chi connectivity index (χ0n) is 13.6. The van der Waals surface area contributed by atoms with Gasteiger partial charge in [0, 0.05) is 17.7 Å². The van der Waals surface area contributed by atoms with E-state index in [1.54, 1.807) is 49.4 Å².